The molecular formula is C15H27N3S. The van der Waals surface area contributed by atoms with Crippen molar-refractivity contribution in [1.29, 1.82) is 0 Å². The van der Waals surface area contributed by atoms with E-state index in [4.69, 9.17) is 0 Å². The zero-order valence-corrected chi connectivity index (χ0v) is 13.1. The first-order chi connectivity index (χ1) is 9.29. The van der Waals surface area contributed by atoms with Crippen molar-refractivity contribution in [3.63, 3.8) is 0 Å². The van der Waals surface area contributed by atoms with E-state index >= 15 is 0 Å². The molecule has 1 aromatic rings. The van der Waals surface area contributed by atoms with Gasteiger partial charge in [0.1, 0.15) is 0 Å². The summed E-state index contributed by atoms with van der Waals surface area (Å²) in [6, 6.07) is 0.642. The van der Waals surface area contributed by atoms with Crippen LogP contribution in [0.3, 0.4) is 0 Å². The van der Waals surface area contributed by atoms with Crippen molar-refractivity contribution in [1.82, 2.24) is 15.2 Å². The lowest BCUT2D eigenvalue weighted by Gasteiger charge is -2.35. The second kappa shape index (κ2) is 7.98. The first-order valence-corrected chi connectivity index (χ1v) is 8.51. The molecule has 1 fully saturated rings. The van der Waals surface area contributed by atoms with E-state index in [0.29, 0.717) is 6.04 Å². The Morgan fingerprint density at radius 3 is 2.89 bits per heavy atom. The predicted molar refractivity (Wildman–Crippen MR) is 82.7 cm³/mol. The van der Waals surface area contributed by atoms with Gasteiger partial charge in [-0.15, -0.1) is 11.3 Å². The molecule has 0 radical (unpaired) electrons. The summed E-state index contributed by atoms with van der Waals surface area (Å²) < 4.78 is 0. The fourth-order valence-corrected chi connectivity index (χ4v) is 3.56. The van der Waals surface area contributed by atoms with E-state index in [1.165, 1.54) is 43.9 Å². The fourth-order valence-electron chi connectivity index (χ4n) is 2.94. The van der Waals surface area contributed by atoms with E-state index in [-0.39, 0.29) is 0 Å². The average Bonchev–Trinajstić information content (AvgIpc) is 2.93. The molecule has 19 heavy (non-hydrogen) atoms. The average molecular weight is 281 g/mol. The molecule has 1 unspecified atom stereocenters. The van der Waals surface area contributed by atoms with Gasteiger partial charge in [0.15, 0.2) is 0 Å². The zero-order valence-electron chi connectivity index (χ0n) is 12.3. The van der Waals surface area contributed by atoms with E-state index < -0.39 is 0 Å². The molecule has 0 bridgehead atoms. The second-order valence-corrected chi connectivity index (χ2v) is 6.58. The Labute approximate surface area is 121 Å². The quantitative estimate of drug-likeness (QED) is 0.833. The Morgan fingerprint density at radius 1 is 1.47 bits per heavy atom. The van der Waals surface area contributed by atoms with Gasteiger partial charge >= 0.3 is 0 Å². The molecule has 1 aliphatic heterocycles. The van der Waals surface area contributed by atoms with Gasteiger partial charge in [-0.25, -0.2) is 4.98 Å². The molecule has 0 spiro atoms. The Hall–Kier alpha value is -0.450. The number of nitrogens with one attached hydrogen (secondary N) is 1. The van der Waals surface area contributed by atoms with Crippen molar-refractivity contribution in [3.05, 3.63) is 16.6 Å². The minimum atomic E-state index is 0.642. The summed E-state index contributed by atoms with van der Waals surface area (Å²) in [4.78, 5) is 6.94. The first kappa shape index (κ1) is 14.9. The van der Waals surface area contributed by atoms with Crippen molar-refractivity contribution >= 4 is 11.3 Å². The molecule has 2 rings (SSSR count). The highest BCUT2D eigenvalue weighted by atomic mass is 32.1. The Morgan fingerprint density at radius 2 is 2.26 bits per heavy atom. The smallest absolute Gasteiger partial charge is 0.0937 e. The zero-order chi connectivity index (χ0) is 13.5. The molecule has 1 N–H and O–H groups in total. The lowest BCUT2D eigenvalue weighted by molar-refractivity contribution is 0.163. The number of thiazole rings is 1. The molecule has 1 aromatic heterocycles. The number of likely N-dealkylation sites (tertiary alicyclic amines) is 1. The topological polar surface area (TPSA) is 28.2 Å². The highest BCUT2D eigenvalue weighted by Gasteiger charge is 2.22. The first-order valence-electron chi connectivity index (χ1n) is 7.63. The summed E-state index contributed by atoms with van der Waals surface area (Å²) in [5.41, 5.74) is 0. The van der Waals surface area contributed by atoms with Crippen molar-refractivity contribution < 1.29 is 0 Å². The second-order valence-electron chi connectivity index (χ2n) is 5.60. The molecule has 4 heteroatoms. The van der Waals surface area contributed by atoms with Gasteiger partial charge in [0.05, 0.1) is 5.01 Å². The lowest BCUT2D eigenvalue weighted by atomic mass is 9.90. The van der Waals surface area contributed by atoms with E-state index in [0.717, 1.165) is 18.9 Å². The predicted octanol–water partition coefficient (Wildman–Crippen LogP) is 2.79. The van der Waals surface area contributed by atoms with Crippen LogP contribution in [-0.4, -0.2) is 42.1 Å². The Kier molecular flexibility index (Phi) is 6.28. The standard InChI is InChI=1S/C15H27N3S/c1-3-9-18-10-5-14(6-11-18)13(2)16-7-4-15-17-8-12-19-15/h8,12-14,16H,3-7,9-11H2,1-2H3. The summed E-state index contributed by atoms with van der Waals surface area (Å²) in [5.74, 6) is 0.851. The Bertz CT molecular complexity index is 331. The summed E-state index contributed by atoms with van der Waals surface area (Å²) in [7, 11) is 0. The Balaban J connectivity index is 1.62. The normalized spacial score (nSPS) is 19.7. The summed E-state index contributed by atoms with van der Waals surface area (Å²) in [6.45, 7) is 9.54. The van der Waals surface area contributed by atoms with Crippen LogP contribution in [0.2, 0.25) is 0 Å². The summed E-state index contributed by atoms with van der Waals surface area (Å²) in [5, 5.41) is 6.99. The SMILES string of the molecule is CCCN1CCC(C(C)NCCc2nccs2)CC1. The monoisotopic (exact) mass is 281 g/mol. The van der Waals surface area contributed by atoms with Crippen molar-refractivity contribution in [3.8, 4) is 0 Å². The van der Waals surface area contributed by atoms with E-state index in [2.05, 4.69) is 34.4 Å². The van der Waals surface area contributed by atoms with E-state index in [9.17, 15) is 0 Å². The van der Waals surface area contributed by atoms with Crippen LogP contribution in [0, 0.1) is 5.92 Å². The van der Waals surface area contributed by atoms with E-state index in [1.807, 2.05) is 6.20 Å². The third-order valence-electron chi connectivity index (χ3n) is 4.17. The number of hydrogen-bond donors (Lipinski definition) is 1. The number of aromatic nitrogens is 1. The maximum atomic E-state index is 4.33. The number of nitrogens with zero attached hydrogens (tertiary/aromatic N) is 2. The summed E-state index contributed by atoms with van der Waals surface area (Å²) >= 11 is 1.76. The molecule has 0 aliphatic carbocycles. The van der Waals surface area contributed by atoms with E-state index in [1.54, 1.807) is 11.3 Å². The molecule has 108 valence electrons. The number of piperidine rings is 1. The molecule has 0 amide bonds. The molecule has 1 saturated heterocycles. The minimum Gasteiger partial charge on any atom is -0.314 e. The number of rotatable bonds is 7. The van der Waals surface area contributed by atoms with Crippen LogP contribution in [0.1, 0.15) is 38.1 Å². The maximum absolute atomic E-state index is 4.33. The van der Waals surface area contributed by atoms with Crippen molar-refractivity contribution in [2.75, 3.05) is 26.2 Å². The van der Waals surface area contributed by atoms with Gasteiger partial charge in [0.25, 0.3) is 0 Å². The van der Waals surface area contributed by atoms with Gasteiger partial charge in [-0.2, -0.15) is 0 Å². The molecule has 1 atom stereocenters. The maximum Gasteiger partial charge on any atom is 0.0937 e. The number of hydrogen-bond acceptors (Lipinski definition) is 4. The molecule has 2 heterocycles. The van der Waals surface area contributed by atoms with Crippen LogP contribution in [0.25, 0.3) is 0 Å². The summed E-state index contributed by atoms with van der Waals surface area (Å²) in [6.07, 6.45) is 6.95. The lowest BCUT2D eigenvalue weighted by Crippen LogP contribution is -2.42. The van der Waals surface area contributed by atoms with Crippen molar-refractivity contribution in [2.24, 2.45) is 5.92 Å². The molecular weight excluding hydrogens is 254 g/mol. The third kappa shape index (κ3) is 4.86. The largest absolute Gasteiger partial charge is 0.314 e. The van der Waals surface area contributed by atoms with Crippen LogP contribution < -0.4 is 5.32 Å². The highest BCUT2D eigenvalue weighted by molar-refractivity contribution is 7.09. The minimum absolute atomic E-state index is 0.642. The molecule has 0 saturated carbocycles. The van der Waals surface area contributed by atoms with Crippen LogP contribution in [-0.2, 0) is 6.42 Å². The van der Waals surface area contributed by atoms with Crippen LogP contribution in [0.15, 0.2) is 11.6 Å². The molecule has 3 nitrogen and oxygen atoms in total. The van der Waals surface area contributed by atoms with Gasteiger partial charge in [-0.3, -0.25) is 0 Å². The highest BCUT2D eigenvalue weighted by Crippen LogP contribution is 2.20. The van der Waals surface area contributed by atoms with Crippen LogP contribution >= 0.6 is 11.3 Å². The van der Waals surface area contributed by atoms with Gasteiger partial charge < -0.3 is 10.2 Å². The molecule has 1 aliphatic rings. The van der Waals surface area contributed by atoms with Crippen molar-refractivity contribution in [2.45, 2.75) is 45.6 Å². The van der Waals surface area contributed by atoms with Crippen LogP contribution in [0.4, 0.5) is 0 Å². The van der Waals surface area contributed by atoms with Gasteiger partial charge in [0, 0.05) is 30.6 Å². The fraction of sp³-hybridized carbons (Fsp3) is 0.800. The van der Waals surface area contributed by atoms with Crippen LogP contribution in [0.5, 0.6) is 0 Å². The third-order valence-corrected chi connectivity index (χ3v) is 5.01. The molecule has 0 aromatic carbocycles. The van der Waals surface area contributed by atoms with Gasteiger partial charge in [-0.05, 0) is 51.7 Å². The van der Waals surface area contributed by atoms with Gasteiger partial charge in [0.2, 0.25) is 0 Å². The van der Waals surface area contributed by atoms with Gasteiger partial charge in [-0.1, -0.05) is 6.92 Å².